The average molecular weight is 397 g/mol. The van der Waals surface area contributed by atoms with Gasteiger partial charge in [0.2, 0.25) is 5.91 Å². The van der Waals surface area contributed by atoms with Crippen LogP contribution in [-0.2, 0) is 11.8 Å². The second kappa shape index (κ2) is 6.83. The summed E-state index contributed by atoms with van der Waals surface area (Å²) in [6, 6.07) is 6.39. The molecule has 2 N–H and O–H groups in total. The Hall–Kier alpha value is -3.07. The molecule has 3 aromatic rings. The van der Waals surface area contributed by atoms with Gasteiger partial charge in [0.1, 0.15) is 5.82 Å². The Labute approximate surface area is 165 Å². The van der Waals surface area contributed by atoms with Crippen molar-refractivity contribution in [3.8, 4) is 5.69 Å². The van der Waals surface area contributed by atoms with Crippen molar-refractivity contribution in [1.29, 1.82) is 0 Å². The largest absolute Gasteiger partial charge is 0.478 e. The van der Waals surface area contributed by atoms with E-state index in [2.05, 4.69) is 15.5 Å². The molecule has 144 valence electrons. The minimum atomic E-state index is -0.988. The average Bonchev–Trinajstić information content (AvgIpc) is 3.12. The Bertz CT molecular complexity index is 1080. The number of rotatable bonds is 3. The SMILES string of the molecule is Cc1nn(C)c(C)c1C1SCC(=O)Nc2c1cnn2-c1ccc(C(=O)O)cc1. The van der Waals surface area contributed by atoms with E-state index in [4.69, 9.17) is 5.11 Å². The molecule has 8 nitrogen and oxygen atoms in total. The zero-order valence-electron chi connectivity index (χ0n) is 15.6. The number of carboxylic acid groups (broad SMARTS) is 1. The molecule has 28 heavy (non-hydrogen) atoms. The second-order valence-corrected chi connectivity index (χ2v) is 7.75. The molecule has 9 heteroatoms. The first-order valence-electron chi connectivity index (χ1n) is 8.70. The van der Waals surface area contributed by atoms with E-state index < -0.39 is 5.97 Å². The summed E-state index contributed by atoms with van der Waals surface area (Å²) in [5.41, 5.74) is 4.84. The minimum absolute atomic E-state index is 0.0744. The molecule has 1 atom stereocenters. The van der Waals surface area contributed by atoms with Crippen LogP contribution in [0.15, 0.2) is 30.5 Å². The number of fused-ring (bicyclic) bond motifs is 1. The number of aromatic nitrogens is 4. The topological polar surface area (TPSA) is 102 Å². The summed E-state index contributed by atoms with van der Waals surface area (Å²) in [5.74, 6) is -0.161. The van der Waals surface area contributed by atoms with Gasteiger partial charge in [0, 0.05) is 23.9 Å². The van der Waals surface area contributed by atoms with Crippen molar-refractivity contribution in [3.63, 3.8) is 0 Å². The third kappa shape index (κ3) is 2.97. The number of carbonyl (C=O) groups is 2. The van der Waals surface area contributed by atoms with Crippen molar-refractivity contribution in [2.75, 3.05) is 11.1 Å². The Morgan fingerprint density at radius 3 is 2.61 bits per heavy atom. The molecule has 0 saturated carbocycles. The molecule has 0 fully saturated rings. The van der Waals surface area contributed by atoms with Crippen LogP contribution in [0.25, 0.3) is 5.69 Å². The monoisotopic (exact) mass is 397 g/mol. The first-order chi connectivity index (χ1) is 13.4. The number of benzene rings is 1. The maximum absolute atomic E-state index is 12.4. The van der Waals surface area contributed by atoms with Gasteiger partial charge in [-0.3, -0.25) is 9.48 Å². The summed E-state index contributed by atoms with van der Waals surface area (Å²) in [6.45, 7) is 3.99. The number of carboxylic acids is 1. The number of thioether (sulfide) groups is 1. The summed E-state index contributed by atoms with van der Waals surface area (Å²) in [4.78, 5) is 23.4. The number of aryl methyl sites for hydroxylation is 2. The molecule has 0 radical (unpaired) electrons. The van der Waals surface area contributed by atoms with Crippen molar-refractivity contribution in [3.05, 3.63) is 58.5 Å². The highest BCUT2D eigenvalue weighted by atomic mass is 32.2. The highest BCUT2D eigenvalue weighted by Crippen LogP contribution is 2.44. The van der Waals surface area contributed by atoms with Gasteiger partial charge in [-0.05, 0) is 38.1 Å². The summed E-state index contributed by atoms with van der Waals surface area (Å²) in [5, 5.41) is 21.0. The smallest absolute Gasteiger partial charge is 0.335 e. The van der Waals surface area contributed by atoms with E-state index in [0.29, 0.717) is 17.3 Å². The maximum atomic E-state index is 12.4. The lowest BCUT2D eigenvalue weighted by atomic mass is 10.0. The first kappa shape index (κ1) is 18.3. The number of anilines is 1. The lowest BCUT2D eigenvalue weighted by Crippen LogP contribution is -2.15. The molecule has 1 unspecified atom stereocenters. The molecular weight excluding hydrogens is 378 g/mol. The highest BCUT2D eigenvalue weighted by Gasteiger charge is 2.31. The van der Waals surface area contributed by atoms with Crippen molar-refractivity contribution < 1.29 is 14.7 Å². The van der Waals surface area contributed by atoms with Gasteiger partial charge in [0.25, 0.3) is 0 Å². The molecule has 4 rings (SSSR count). The first-order valence-corrected chi connectivity index (χ1v) is 9.75. The lowest BCUT2D eigenvalue weighted by molar-refractivity contribution is -0.113. The predicted molar refractivity (Wildman–Crippen MR) is 106 cm³/mol. The van der Waals surface area contributed by atoms with Crippen molar-refractivity contribution >= 4 is 29.5 Å². The fourth-order valence-electron chi connectivity index (χ4n) is 3.44. The van der Waals surface area contributed by atoms with Crippen molar-refractivity contribution in [1.82, 2.24) is 19.6 Å². The van der Waals surface area contributed by atoms with E-state index >= 15 is 0 Å². The van der Waals surface area contributed by atoms with E-state index in [0.717, 1.165) is 22.5 Å². The second-order valence-electron chi connectivity index (χ2n) is 6.66. The van der Waals surface area contributed by atoms with E-state index in [-0.39, 0.29) is 16.7 Å². The normalized spacial score (nSPS) is 16.4. The number of carbonyl (C=O) groups excluding carboxylic acids is 1. The van der Waals surface area contributed by atoms with E-state index in [1.54, 1.807) is 34.8 Å². The molecule has 1 aliphatic rings. The molecular formula is C19H19N5O3S. The van der Waals surface area contributed by atoms with Crippen LogP contribution in [0.4, 0.5) is 5.82 Å². The van der Waals surface area contributed by atoms with Crippen LogP contribution < -0.4 is 5.32 Å². The van der Waals surface area contributed by atoms with Gasteiger partial charge >= 0.3 is 5.97 Å². The van der Waals surface area contributed by atoms with Gasteiger partial charge in [0.05, 0.1) is 34.1 Å². The van der Waals surface area contributed by atoms with Crippen LogP contribution in [0.3, 0.4) is 0 Å². The molecule has 1 aliphatic heterocycles. The zero-order valence-corrected chi connectivity index (χ0v) is 16.4. The van der Waals surface area contributed by atoms with Crippen LogP contribution in [0.5, 0.6) is 0 Å². The Balaban J connectivity index is 1.83. The fraction of sp³-hybridized carbons (Fsp3) is 0.263. The molecule has 2 aromatic heterocycles. The third-order valence-corrected chi connectivity index (χ3v) is 6.16. The lowest BCUT2D eigenvalue weighted by Gasteiger charge is -2.15. The van der Waals surface area contributed by atoms with Crippen LogP contribution in [-0.4, -0.2) is 42.3 Å². The van der Waals surface area contributed by atoms with Gasteiger partial charge in [-0.15, -0.1) is 11.8 Å². The van der Waals surface area contributed by atoms with Crippen LogP contribution in [0.1, 0.15) is 38.1 Å². The molecule has 0 bridgehead atoms. The summed E-state index contributed by atoms with van der Waals surface area (Å²) >= 11 is 1.55. The number of nitrogens with zero attached hydrogens (tertiary/aromatic N) is 4. The zero-order chi connectivity index (χ0) is 20.0. The van der Waals surface area contributed by atoms with Gasteiger partial charge in [-0.1, -0.05) is 0 Å². The van der Waals surface area contributed by atoms with Crippen LogP contribution >= 0.6 is 11.8 Å². The van der Waals surface area contributed by atoms with Crippen molar-refractivity contribution in [2.24, 2.45) is 7.05 Å². The standard InChI is InChI=1S/C19H19N5O3S/c1-10-16(11(2)23(3)22-10)17-14-8-20-24(18(14)21-15(25)9-28-17)13-6-4-12(5-7-13)19(26)27/h4-8,17H,9H2,1-3H3,(H,21,25)(H,26,27). The van der Waals surface area contributed by atoms with Crippen molar-refractivity contribution in [2.45, 2.75) is 19.1 Å². The van der Waals surface area contributed by atoms with Gasteiger partial charge in [-0.25, -0.2) is 9.48 Å². The molecule has 1 amide bonds. The van der Waals surface area contributed by atoms with E-state index in [9.17, 15) is 9.59 Å². The van der Waals surface area contributed by atoms with E-state index in [1.165, 1.54) is 12.1 Å². The van der Waals surface area contributed by atoms with Gasteiger partial charge in [-0.2, -0.15) is 10.2 Å². The molecule has 0 saturated heterocycles. The number of hydrogen-bond donors (Lipinski definition) is 2. The Morgan fingerprint density at radius 2 is 2.00 bits per heavy atom. The summed E-state index contributed by atoms with van der Waals surface area (Å²) < 4.78 is 3.48. The number of hydrogen-bond acceptors (Lipinski definition) is 5. The Morgan fingerprint density at radius 1 is 1.29 bits per heavy atom. The third-order valence-electron chi connectivity index (χ3n) is 4.90. The summed E-state index contributed by atoms with van der Waals surface area (Å²) in [6.07, 6.45) is 1.76. The summed E-state index contributed by atoms with van der Waals surface area (Å²) in [7, 11) is 1.91. The van der Waals surface area contributed by atoms with Gasteiger partial charge in [0.15, 0.2) is 0 Å². The predicted octanol–water partition coefficient (Wildman–Crippen LogP) is 2.70. The molecule has 0 spiro atoms. The number of aromatic carboxylic acids is 1. The van der Waals surface area contributed by atoms with E-state index in [1.807, 2.05) is 25.6 Å². The number of amides is 1. The quantitative estimate of drug-likeness (QED) is 0.705. The van der Waals surface area contributed by atoms with Crippen LogP contribution in [0.2, 0.25) is 0 Å². The minimum Gasteiger partial charge on any atom is -0.478 e. The molecule has 3 heterocycles. The highest BCUT2D eigenvalue weighted by molar-refractivity contribution is 8.00. The maximum Gasteiger partial charge on any atom is 0.335 e. The Kier molecular flexibility index (Phi) is 4.46. The molecule has 0 aliphatic carbocycles. The fourth-order valence-corrected chi connectivity index (χ4v) is 4.69. The van der Waals surface area contributed by atoms with Crippen LogP contribution in [0, 0.1) is 13.8 Å². The molecule has 1 aromatic carbocycles. The number of nitrogens with one attached hydrogen (secondary N) is 1. The van der Waals surface area contributed by atoms with Gasteiger partial charge < -0.3 is 10.4 Å².